The van der Waals surface area contributed by atoms with Crippen molar-refractivity contribution in [2.75, 3.05) is 5.75 Å². The highest BCUT2D eigenvalue weighted by molar-refractivity contribution is 7.99. The molecule has 3 rings (SSSR count). The Morgan fingerprint density at radius 3 is 2.67 bits per heavy atom. The molecule has 122 valence electrons. The molecule has 0 fully saturated rings. The molecule has 0 aliphatic heterocycles. The fourth-order valence-electron chi connectivity index (χ4n) is 2.42. The van der Waals surface area contributed by atoms with E-state index in [0.29, 0.717) is 11.0 Å². The fraction of sp³-hybridized carbons (Fsp3) is 0.176. The van der Waals surface area contributed by atoms with Crippen LogP contribution in [-0.4, -0.2) is 36.6 Å². The van der Waals surface area contributed by atoms with Crippen LogP contribution in [0.2, 0.25) is 0 Å². The van der Waals surface area contributed by atoms with E-state index in [2.05, 4.69) is 15.2 Å². The van der Waals surface area contributed by atoms with Crippen molar-refractivity contribution in [3.8, 4) is 11.4 Å². The summed E-state index contributed by atoms with van der Waals surface area (Å²) in [4.78, 5) is 15.0. The zero-order valence-electron chi connectivity index (χ0n) is 13.0. The lowest BCUT2D eigenvalue weighted by molar-refractivity contribution is -0.133. The molecule has 0 aliphatic rings. The molecule has 2 heterocycles. The van der Waals surface area contributed by atoms with Crippen molar-refractivity contribution in [2.45, 2.75) is 18.1 Å². The first-order valence-corrected chi connectivity index (χ1v) is 8.40. The van der Waals surface area contributed by atoms with Crippen LogP contribution in [-0.2, 0) is 4.79 Å². The second kappa shape index (κ2) is 7.27. The van der Waals surface area contributed by atoms with Crippen LogP contribution in [0.4, 0.5) is 0 Å². The van der Waals surface area contributed by atoms with Crippen molar-refractivity contribution in [2.24, 2.45) is 0 Å². The van der Waals surface area contributed by atoms with E-state index in [9.17, 15) is 4.79 Å². The maximum Gasteiger partial charge on any atom is 0.313 e. The second-order valence-corrected chi connectivity index (χ2v) is 6.13. The Morgan fingerprint density at radius 1 is 1.21 bits per heavy atom. The summed E-state index contributed by atoms with van der Waals surface area (Å²) in [6.07, 6.45) is 3.43. The Hall–Kier alpha value is -2.67. The normalized spacial score (nSPS) is 12.0. The smallest absolute Gasteiger partial charge is 0.313 e. The third-order valence-electron chi connectivity index (χ3n) is 3.58. The molecule has 1 N–H and O–H groups in total. The van der Waals surface area contributed by atoms with E-state index in [0.717, 1.165) is 22.9 Å². The summed E-state index contributed by atoms with van der Waals surface area (Å²) in [5.41, 5.74) is 1.94. The number of carboxylic acid groups (broad SMARTS) is 1. The molecule has 6 nitrogen and oxygen atoms in total. The van der Waals surface area contributed by atoms with Crippen LogP contribution < -0.4 is 0 Å². The van der Waals surface area contributed by atoms with Crippen molar-refractivity contribution in [1.82, 2.24) is 19.7 Å². The van der Waals surface area contributed by atoms with E-state index < -0.39 is 5.97 Å². The van der Waals surface area contributed by atoms with Crippen molar-refractivity contribution >= 4 is 17.7 Å². The quantitative estimate of drug-likeness (QED) is 0.694. The SMILES string of the molecule is CC(c1ccccc1)n1c(SCC(=O)O)nnc1-c1cccnc1. The summed E-state index contributed by atoms with van der Waals surface area (Å²) in [7, 11) is 0. The molecule has 2 aromatic heterocycles. The molecular weight excluding hydrogens is 324 g/mol. The zero-order chi connectivity index (χ0) is 16.9. The van der Waals surface area contributed by atoms with Gasteiger partial charge in [0.1, 0.15) is 0 Å². The van der Waals surface area contributed by atoms with Gasteiger partial charge in [-0.2, -0.15) is 0 Å². The van der Waals surface area contributed by atoms with Crippen molar-refractivity contribution in [3.63, 3.8) is 0 Å². The molecule has 0 bridgehead atoms. The van der Waals surface area contributed by atoms with Gasteiger partial charge in [-0.3, -0.25) is 14.3 Å². The number of hydrogen-bond acceptors (Lipinski definition) is 5. The lowest BCUT2D eigenvalue weighted by atomic mass is 10.1. The van der Waals surface area contributed by atoms with Crippen LogP contribution in [0.15, 0.2) is 60.0 Å². The van der Waals surface area contributed by atoms with Gasteiger partial charge < -0.3 is 5.11 Å². The van der Waals surface area contributed by atoms with Crippen LogP contribution in [0.25, 0.3) is 11.4 Å². The highest BCUT2D eigenvalue weighted by Gasteiger charge is 2.21. The first-order valence-electron chi connectivity index (χ1n) is 7.41. The molecule has 0 saturated carbocycles. The van der Waals surface area contributed by atoms with Gasteiger partial charge in [-0.05, 0) is 24.6 Å². The summed E-state index contributed by atoms with van der Waals surface area (Å²) in [6.45, 7) is 2.05. The van der Waals surface area contributed by atoms with Crippen LogP contribution in [0.1, 0.15) is 18.5 Å². The summed E-state index contributed by atoms with van der Waals surface area (Å²) in [6, 6.07) is 13.7. The van der Waals surface area contributed by atoms with Crippen LogP contribution in [0, 0.1) is 0 Å². The number of hydrogen-bond donors (Lipinski definition) is 1. The van der Waals surface area contributed by atoms with Gasteiger partial charge in [-0.1, -0.05) is 42.1 Å². The Labute approximate surface area is 143 Å². The Morgan fingerprint density at radius 2 is 2.00 bits per heavy atom. The van der Waals surface area contributed by atoms with E-state index in [4.69, 9.17) is 5.11 Å². The van der Waals surface area contributed by atoms with Gasteiger partial charge in [-0.15, -0.1) is 10.2 Å². The summed E-state index contributed by atoms with van der Waals surface area (Å²) in [5, 5.41) is 18.0. The minimum absolute atomic E-state index is 0.0345. The number of carboxylic acids is 1. The number of carbonyl (C=O) groups is 1. The minimum Gasteiger partial charge on any atom is -0.481 e. The first kappa shape index (κ1) is 16.2. The molecule has 24 heavy (non-hydrogen) atoms. The molecular formula is C17H16N4O2S. The molecule has 3 aromatic rings. The maximum absolute atomic E-state index is 10.9. The first-order chi connectivity index (χ1) is 11.7. The average molecular weight is 340 g/mol. The van der Waals surface area contributed by atoms with Crippen molar-refractivity contribution < 1.29 is 9.90 Å². The highest BCUT2D eigenvalue weighted by atomic mass is 32.2. The largest absolute Gasteiger partial charge is 0.481 e. The molecule has 0 aliphatic carbocycles. The highest BCUT2D eigenvalue weighted by Crippen LogP contribution is 2.30. The van der Waals surface area contributed by atoms with Gasteiger partial charge in [0.05, 0.1) is 11.8 Å². The molecule has 7 heteroatoms. The van der Waals surface area contributed by atoms with Gasteiger partial charge in [0, 0.05) is 18.0 Å². The number of pyridine rings is 1. The molecule has 1 aromatic carbocycles. The van der Waals surface area contributed by atoms with Crippen LogP contribution >= 0.6 is 11.8 Å². The third-order valence-corrected chi connectivity index (χ3v) is 4.51. The Bertz CT molecular complexity index is 821. The molecule has 0 spiro atoms. The van der Waals surface area contributed by atoms with E-state index in [-0.39, 0.29) is 11.8 Å². The number of thioether (sulfide) groups is 1. The van der Waals surface area contributed by atoms with Gasteiger partial charge in [-0.25, -0.2) is 0 Å². The van der Waals surface area contributed by atoms with Crippen molar-refractivity contribution in [1.29, 1.82) is 0 Å². The van der Waals surface area contributed by atoms with E-state index in [1.807, 2.05) is 54.0 Å². The molecule has 0 amide bonds. The van der Waals surface area contributed by atoms with E-state index >= 15 is 0 Å². The monoisotopic (exact) mass is 340 g/mol. The van der Waals surface area contributed by atoms with Crippen LogP contribution in [0.3, 0.4) is 0 Å². The lowest BCUT2D eigenvalue weighted by Crippen LogP contribution is -2.11. The minimum atomic E-state index is -0.884. The third kappa shape index (κ3) is 3.46. The molecule has 0 radical (unpaired) electrons. The topological polar surface area (TPSA) is 80.9 Å². The maximum atomic E-state index is 10.9. The van der Waals surface area contributed by atoms with Gasteiger partial charge >= 0.3 is 5.97 Å². The Balaban J connectivity index is 2.05. The molecule has 1 unspecified atom stereocenters. The second-order valence-electron chi connectivity index (χ2n) is 5.19. The predicted molar refractivity (Wildman–Crippen MR) is 91.9 cm³/mol. The van der Waals surface area contributed by atoms with Gasteiger partial charge in [0.15, 0.2) is 11.0 Å². The summed E-state index contributed by atoms with van der Waals surface area (Å²) >= 11 is 1.16. The summed E-state index contributed by atoms with van der Waals surface area (Å²) in [5.74, 6) is -0.274. The lowest BCUT2D eigenvalue weighted by Gasteiger charge is -2.18. The molecule has 1 atom stereocenters. The number of rotatable bonds is 6. The average Bonchev–Trinajstić information content (AvgIpc) is 3.04. The van der Waals surface area contributed by atoms with E-state index in [1.165, 1.54) is 0 Å². The fourth-order valence-corrected chi connectivity index (χ4v) is 3.16. The van der Waals surface area contributed by atoms with E-state index in [1.54, 1.807) is 12.4 Å². The number of nitrogens with zero attached hydrogens (tertiary/aromatic N) is 4. The number of aliphatic carboxylic acids is 1. The van der Waals surface area contributed by atoms with Gasteiger partial charge in [0.2, 0.25) is 0 Å². The van der Waals surface area contributed by atoms with Crippen molar-refractivity contribution in [3.05, 3.63) is 60.4 Å². The number of benzene rings is 1. The Kier molecular flexibility index (Phi) is 4.90. The molecule has 0 saturated heterocycles. The summed E-state index contributed by atoms with van der Waals surface area (Å²) < 4.78 is 1.96. The zero-order valence-corrected chi connectivity index (χ0v) is 13.8. The standard InChI is InChI=1S/C17H16N4O2S/c1-12(13-6-3-2-4-7-13)21-16(14-8-5-9-18-10-14)19-20-17(21)24-11-15(22)23/h2-10,12H,11H2,1H3,(H,22,23). The predicted octanol–water partition coefficient (Wildman–Crippen LogP) is 3.13. The van der Waals surface area contributed by atoms with Crippen LogP contribution in [0.5, 0.6) is 0 Å². The number of aromatic nitrogens is 4. The van der Waals surface area contributed by atoms with Gasteiger partial charge in [0.25, 0.3) is 0 Å².